The van der Waals surface area contributed by atoms with Crippen LogP contribution in [0.1, 0.15) is 25.8 Å². The molecular formula is C25H27F2N3O8. The van der Waals surface area contributed by atoms with Crippen LogP contribution in [0.3, 0.4) is 0 Å². The van der Waals surface area contributed by atoms with E-state index >= 15 is 8.78 Å². The largest absolute Gasteiger partial charge is 0.471 e. The van der Waals surface area contributed by atoms with Crippen molar-refractivity contribution >= 4 is 23.4 Å². The smallest absolute Gasteiger partial charge is 0.414 e. The highest BCUT2D eigenvalue weighted by molar-refractivity contribution is 5.90. The molecular weight excluding hydrogens is 508 g/mol. The number of carbonyl (C=O) groups is 2. The molecule has 4 heterocycles. The average Bonchev–Trinajstić information content (AvgIpc) is 3.61. The van der Waals surface area contributed by atoms with Crippen LogP contribution in [-0.4, -0.2) is 79.7 Å². The van der Waals surface area contributed by atoms with E-state index in [2.05, 4.69) is 9.68 Å². The highest BCUT2D eigenvalue weighted by Gasteiger charge is 2.35. The predicted octanol–water partition coefficient (Wildman–Crippen LogP) is 3.73. The van der Waals surface area contributed by atoms with Crippen LogP contribution in [0.5, 0.6) is 5.88 Å². The Kier molecular flexibility index (Phi) is 7.21. The Balaban J connectivity index is 1.18. The number of amides is 2. The van der Waals surface area contributed by atoms with Gasteiger partial charge in [0.25, 0.3) is 5.88 Å². The van der Waals surface area contributed by atoms with Gasteiger partial charge in [-0.25, -0.2) is 18.4 Å². The van der Waals surface area contributed by atoms with Gasteiger partial charge in [0.05, 0.1) is 18.8 Å². The van der Waals surface area contributed by atoms with Crippen molar-refractivity contribution in [3.8, 4) is 5.88 Å². The Morgan fingerprint density at radius 3 is 2.63 bits per heavy atom. The van der Waals surface area contributed by atoms with Gasteiger partial charge in [-0.1, -0.05) is 6.08 Å². The van der Waals surface area contributed by atoms with Gasteiger partial charge in [0.1, 0.15) is 37.2 Å². The van der Waals surface area contributed by atoms with Crippen LogP contribution in [-0.2, 0) is 18.9 Å². The molecule has 0 unspecified atom stereocenters. The van der Waals surface area contributed by atoms with Gasteiger partial charge in [-0.15, -0.1) is 0 Å². The summed E-state index contributed by atoms with van der Waals surface area (Å²) in [5, 5.41) is 3.60. The molecule has 204 valence electrons. The molecule has 2 fully saturated rings. The molecule has 0 radical (unpaired) electrons. The minimum Gasteiger partial charge on any atom is -0.471 e. The van der Waals surface area contributed by atoms with Crippen molar-refractivity contribution < 1.29 is 46.6 Å². The molecule has 2 atom stereocenters. The molecule has 11 nitrogen and oxygen atoms in total. The summed E-state index contributed by atoms with van der Waals surface area (Å²) in [5.41, 5.74) is 0.257. The first kappa shape index (κ1) is 25.9. The van der Waals surface area contributed by atoms with Crippen molar-refractivity contribution in [1.82, 2.24) is 10.1 Å². The van der Waals surface area contributed by atoms with Crippen molar-refractivity contribution in [3.05, 3.63) is 47.7 Å². The average molecular weight is 536 g/mol. The minimum absolute atomic E-state index is 0.00306. The first-order valence-electron chi connectivity index (χ1n) is 12.1. The van der Waals surface area contributed by atoms with Crippen molar-refractivity contribution in [2.24, 2.45) is 0 Å². The monoisotopic (exact) mass is 535 g/mol. The first-order valence-corrected chi connectivity index (χ1v) is 12.1. The summed E-state index contributed by atoms with van der Waals surface area (Å²) in [6, 6.07) is 3.68. The van der Waals surface area contributed by atoms with Gasteiger partial charge in [-0.05, 0) is 43.1 Å². The molecule has 0 spiro atoms. The Morgan fingerprint density at radius 1 is 1.21 bits per heavy atom. The molecule has 0 aliphatic carbocycles. The molecule has 13 heteroatoms. The first-order chi connectivity index (χ1) is 18.2. The fourth-order valence-electron chi connectivity index (χ4n) is 4.46. The molecule has 2 aromatic rings. The van der Waals surface area contributed by atoms with Crippen molar-refractivity contribution in [3.63, 3.8) is 0 Å². The van der Waals surface area contributed by atoms with E-state index in [1.165, 1.54) is 17.2 Å². The minimum atomic E-state index is -0.821. The lowest BCUT2D eigenvalue weighted by molar-refractivity contribution is -0.142. The highest BCUT2D eigenvalue weighted by atomic mass is 19.1. The molecule has 0 bridgehead atoms. The van der Waals surface area contributed by atoms with E-state index in [0.29, 0.717) is 12.2 Å². The number of cyclic esters (lactones) is 1. The van der Waals surface area contributed by atoms with Gasteiger partial charge in [0, 0.05) is 24.7 Å². The number of hydrogen-bond donors (Lipinski definition) is 0. The SMILES string of the molecule is CC1(C)OC[C@@H](COC(=O)N2CC=C(c3c(F)cc(N4C[C@H](COc5ccon5)OC4=O)cc3F)CC2)O1. The van der Waals surface area contributed by atoms with Gasteiger partial charge >= 0.3 is 12.2 Å². The van der Waals surface area contributed by atoms with Crippen LogP contribution in [0.25, 0.3) is 5.57 Å². The van der Waals surface area contributed by atoms with E-state index in [9.17, 15) is 9.59 Å². The Bertz CT molecular complexity index is 1200. The molecule has 1 aromatic heterocycles. The maximum Gasteiger partial charge on any atom is 0.414 e. The zero-order valence-electron chi connectivity index (χ0n) is 20.9. The van der Waals surface area contributed by atoms with Crippen molar-refractivity contribution in [2.75, 3.05) is 44.4 Å². The molecule has 38 heavy (non-hydrogen) atoms. The summed E-state index contributed by atoms with van der Waals surface area (Å²) in [4.78, 5) is 27.3. The fraction of sp³-hybridized carbons (Fsp3) is 0.480. The Hall–Kier alpha value is -3.71. The molecule has 2 amide bonds. The number of carbonyl (C=O) groups excluding carboxylic acids is 2. The molecule has 1 aromatic carbocycles. The molecule has 2 saturated heterocycles. The molecule has 3 aliphatic heterocycles. The van der Waals surface area contributed by atoms with Crippen LogP contribution < -0.4 is 9.64 Å². The van der Waals surface area contributed by atoms with Gasteiger partial charge < -0.3 is 33.1 Å². The maximum atomic E-state index is 15.1. The third kappa shape index (κ3) is 5.73. The lowest BCUT2D eigenvalue weighted by Gasteiger charge is -2.27. The van der Waals surface area contributed by atoms with E-state index in [4.69, 9.17) is 23.7 Å². The number of halogens is 2. The predicted molar refractivity (Wildman–Crippen MR) is 126 cm³/mol. The van der Waals surface area contributed by atoms with Crippen LogP contribution >= 0.6 is 0 Å². The molecule has 0 N–H and O–H groups in total. The lowest BCUT2D eigenvalue weighted by atomic mass is 9.98. The molecule has 5 rings (SSSR count). The zero-order chi connectivity index (χ0) is 26.9. The fourth-order valence-corrected chi connectivity index (χ4v) is 4.46. The standard InChI is InChI=1S/C25H27F2N3O8/c1-25(2)35-14-18(38-25)13-34-23(31)29-6-3-15(4-7-29)22-19(26)9-16(10-20(22)27)30-11-17(37-24(30)32)12-33-21-5-8-36-28-21/h3,5,8-10,17-18H,4,6-7,11-14H2,1-2H3/t17-,18-/m1/s1. The summed E-state index contributed by atoms with van der Waals surface area (Å²) in [6.07, 6.45) is 0.862. The third-order valence-electron chi connectivity index (χ3n) is 6.29. The topological polar surface area (TPSA) is 113 Å². The maximum absolute atomic E-state index is 15.1. The quantitative estimate of drug-likeness (QED) is 0.523. The normalized spacial score (nSPS) is 22.8. The summed E-state index contributed by atoms with van der Waals surface area (Å²) in [5.74, 6) is -2.13. The second-order valence-electron chi connectivity index (χ2n) is 9.50. The van der Waals surface area contributed by atoms with Gasteiger partial charge in [0.2, 0.25) is 0 Å². The second kappa shape index (κ2) is 10.6. The Labute approximate surface area is 216 Å². The van der Waals surface area contributed by atoms with E-state index < -0.39 is 35.7 Å². The number of hydrogen-bond acceptors (Lipinski definition) is 9. The number of nitrogens with zero attached hydrogens (tertiary/aromatic N) is 3. The summed E-state index contributed by atoms with van der Waals surface area (Å²) < 4.78 is 61.8. The molecule has 3 aliphatic rings. The van der Waals surface area contributed by atoms with Crippen LogP contribution in [0, 0.1) is 11.6 Å². The van der Waals surface area contributed by atoms with E-state index in [0.717, 1.165) is 17.0 Å². The van der Waals surface area contributed by atoms with Crippen molar-refractivity contribution in [1.29, 1.82) is 0 Å². The Morgan fingerprint density at radius 2 is 2.00 bits per heavy atom. The lowest BCUT2D eigenvalue weighted by Crippen LogP contribution is -2.37. The van der Waals surface area contributed by atoms with E-state index in [1.54, 1.807) is 19.9 Å². The second-order valence-corrected chi connectivity index (χ2v) is 9.50. The van der Waals surface area contributed by atoms with Gasteiger partial charge in [-0.2, -0.15) is 0 Å². The van der Waals surface area contributed by atoms with Crippen LogP contribution in [0.4, 0.5) is 24.1 Å². The number of aromatic nitrogens is 1. The number of anilines is 1. The van der Waals surface area contributed by atoms with Crippen molar-refractivity contribution in [2.45, 2.75) is 38.3 Å². The number of rotatable bonds is 7. The third-order valence-corrected chi connectivity index (χ3v) is 6.29. The van der Waals surface area contributed by atoms with E-state index in [-0.39, 0.29) is 62.5 Å². The highest BCUT2D eigenvalue weighted by Crippen LogP contribution is 2.32. The van der Waals surface area contributed by atoms with Crippen LogP contribution in [0.2, 0.25) is 0 Å². The van der Waals surface area contributed by atoms with E-state index in [1.807, 2.05) is 0 Å². The summed E-state index contributed by atoms with van der Waals surface area (Å²) in [7, 11) is 0. The number of benzene rings is 1. The van der Waals surface area contributed by atoms with Crippen LogP contribution in [0.15, 0.2) is 35.1 Å². The van der Waals surface area contributed by atoms with Gasteiger partial charge in [-0.3, -0.25) is 4.90 Å². The zero-order valence-corrected chi connectivity index (χ0v) is 20.9. The van der Waals surface area contributed by atoms with Gasteiger partial charge in [0.15, 0.2) is 11.9 Å². The summed E-state index contributed by atoms with van der Waals surface area (Å²) in [6.45, 7) is 4.34. The summed E-state index contributed by atoms with van der Waals surface area (Å²) >= 11 is 0. The number of ether oxygens (including phenoxy) is 5. The molecule has 0 saturated carbocycles.